The Morgan fingerprint density at radius 1 is 0.953 bits per heavy atom. The summed E-state index contributed by atoms with van der Waals surface area (Å²) >= 11 is 6.99. The van der Waals surface area contributed by atoms with Crippen LogP contribution in [0.3, 0.4) is 0 Å². The van der Waals surface area contributed by atoms with Crippen LogP contribution in [0.25, 0.3) is 5.69 Å². The number of hydrogen-bond donors (Lipinski definition) is 2. The van der Waals surface area contributed by atoms with Crippen molar-refractivity contribution >= 4 is 40.9 Å². The van der Waals surface area contributed by atoms with Gasteiger partial charge in [-0.2, -0.15) is 13.2 Å². The monoisotopic (exact) mass is 635 g/mol. The lowest BCUT2D eigenvalue weighted by Gasteiger charge is -2.15. The van der Waals surface area contributed by atoms with Gasteiger partial charge in [0.2, 0.25) is 5.91 Å². The Bertz CT molecular complexity index is 1610. The first-order valence-electron chi connectivity index (χ1n) is 12.4. The number of hydrogen-bond acceptors (Lipinski definition) is 8. The minimum atomic E-state index is -4.60. The number of methoxy groups -OCH3 is 3. The Morgan fingerprint density at radius 3 is 2.30 bits per heavy atom. The first-order valence-corrected chi connectivity index (χ1v) is 13.8. The van der Waals surface area contributed by atoms with Crippen LogP contribution in [0.2, 0.25) is 5.02 Å². The van der Waals surface area contributed by atoms with Gasteiger partial charge < -0.3 is 24.8 Å². The fourth-order valence-corrected chi connectivity index (χ4v) is 4.81. The van der Waals surface area contributed by atoms with Crippen molar-refractivity contribution in [3.63, 3.8) is 0 Å². The Hall–Kier alpha value is -4.43. The van der Waals surface area contributed by atoms with Gasteiger partial charge in [0.15, 0.2) is 11.0 Å². The maximum atomic E-state index is 13.1. The SMILES string of the molecule is COc1cc(OC)cc(C(=O)NCc2nnc(SCC(=O)Nc3cc(C(F)(F)F)ccc3Cl)n2-c2ccccc2OC)c1. The van der Waals surface area contributed by atoms with Crippen LogP contribution in [0.1, 0.15) is 21.7 Å². The zero-order chi connectivity index (χ0) is 31.1. The van der Waals surface area contributed by atoms with Crippen molar-refractivity contribution in [2.24, 2.45) is 0 Å². The standard InChI is InChI=1S/C28H25ClF3N5O5S/c1-40-18-10-16(11-19(13-18)41-2)26(39)33-14-24-35-36-27(37(24)22-6-4-5-7-23(22)42-3)43-15-25(38)34-21-12-17(28(30,31)32)8-9-20(21)29/h4-13H,14-15H2,1-3H3,(H,33,39)(H,34,38). The van der Waals surface area contributed by atoms with E-state index >= 15 is 0 Å². The summed E-state index contributed by atoms with van der Waals surface area (Å²) in [5.74, 6) is 0.359. The Balaban J connectivity index is 1.56. The third-order valence-electron chi connectivity index (χ3n) is 5.95. The molecule has 43 heavy (non-hydrogen) atoms. The van der Waals surface area contributed by atoms with E-state index in [4.69, 9.17) is 25.8 Å². The van der Waals surface area contributed by atoms with Gasteiger partial charge >= 0.3 is 6.18 Å². The van der Waals surface area contributed by atoms with Crippen LogP contribution in [-0.4, -0.2) is 53.7 Å². The van der Waals surface area contributed by atoms with Crippen molar-refractivity contribution in [1.82, 2.24) is 20.1 Å². The average molecular weight is 636 g/mol. The lowest BCUT2D eigenvalue weighted by Crippen LogP contribution is -2.25. The highest BCUT2D eigenvalue weighted by atomic mass is 35.5. The van der Waals surface area contributed by atoms with Gasteiger partial charge in [0.25, 0.3) is 5.91 Å². The van der Waals surface area contributed by atoms with E-state index in [0.717, 1.165) is 30.0 Å². The first kappa shape index (κ1) is 31.5. The zero-order valence-electron chi connectivity index (χ0n) is 23.0. The lowest BCUT2D eigenvalue weighted by molar-refractivity contribution is -0.137. The van der Waals surface area contributed by atoms with Gasteiger partial charge in [-0.15, -0.1) is 10.2 Å². The Kier molecular flexibility index (Phi) is 10.0. The largest absolute Gasteiger partial charge is 0.497 e. The second kappa shape index (κ2) is 13.7. The normalized spacial score (nSPS) is 11.1. The van der Waals surface area contributed by atoms with Crippen LogP contribution >= 0.6 is 23.4 Å². The molecular formula is C28H25ClF3N5O5S. The van der Waals surface area contributed by atoms with Crippen LogP contribution < -0.4 is 24.8 Å². The highest BCUT2D eigenvalue weighted by Crippen LogP contribution is 2.34. The number of aromatic nitrogens is 3. The third kappa shape index (κ3) is 7.70. The van der Waals surface area contributed by atoms with Gasteiger partial charge in [-0.3, -0.25) is 14.2 Å². The molecule has 0 aliphatic rings. The topological polar surface area (TPSA) is 117 Å². The smallest absolute Gasteiger partial charge is 0.416 e. The summed E-state index contributed by atoms with van der Waals surface area (Å²) in [4.78, 5) is 25.7. The molecule has 0 atom stereocenters. The van der Waals surface area contributed by atoms with Gasteiger partial charge in [0.1, 0.15) is 17.2 Å². The molecule has 2 N–H and O–H groups in total. The summed E-state index contributed by atoms with van der Waals surface area (Å²) in [6.07, 6.45) is -4.60. The van der Waals surface area contributed by atoms with E-state index in [0.29, 0.717) is 34.3 Å². The van der Waals surface area contributed by atoms with E-state index in [1.807, 2.05) is 0 Å². The van der Waals surface area contributed by atoms with Crippen LogP contribution in [0, 0.1) is 0 Å². The third-order valence-corrected chi connectivity index (χ3v) is 7.21. The van der Waals surface area contributed by atoms with E-state index in [1.54, 1.807) is 47.0 Å². The van der Waals surface area contributed by atoms with E-state index in [2.05, 4.69) is 20.8 Å². The second-order valence-corrected chi connectivity index (χ2v) is 10.1. The number of alkyl halides is 3. The molecule has 0 fully saturated rings. The van der Waals surface area contributed by atoms with Gasteiger partial charge in [0.05, 0.1) is 55.6 Å². The number of carbonyl (C=O) groups excluding carboxylic acids is 2. The molecule has 0 unspecified atom stereocenters. The van der Waals surface area contributed by atoms with E-state index < -0.39 is 23.6 Å². The second-order valence-electron chi connectivity index (χ2n) is 8.72. The van der Waals surface area contributed by atoms with Crippen molar-refractivity contribution in [3.05, 3.63) is 82.6 Å². The number of nitrogens with zero attached hydrogens (tertiary/aromatic N) is 3. The lowest BCUT2D eigenvalue weighted by atomic mass is 10.2. The predicted molar refractivity (Wildman–Crippen MR) is 154 cm³/mol. The number of carbonyl (C=O) groups is 2. The fraction of sp³-hybridized carbons (Fsp3) is 0.214. The van der Waals surface area contributed by atoms with Crippen molar-refractivity contribution in [1.29, 1.82) is 0 Å². The minimum Gasteiger partial charge on any atom is -0.497 e. The summed E-state index contributed by atoms with van der Waals surface area (Å²) in [6.45, 7) is -0.0595. The van der Waals surface area contributed by atoms with E-state index in [-0.39, 0.29) is 28.2 Å². The van der Waals surface area contributed by atoms with Crippen LogP contribution in [0.5, 0.6) is 17.2 Å². The molecule has 0 saturated heterocycles. The van der Waals surface area contributed by atoms with E-state index in [1.165, 1.54) is 21.3 Å². The molecule has 0 spiro atoms. The number of thioether (sulfide) groups is 1. The average Bonchev–Trinajstić information content (AvgIpc) is 3.41. The molecule has 0 aliphatic carbocycles. The Labute approximate surface area is 253 Å². The maximum absolute atomic E-state index is 13.1. The number of rotatable bonds is 11. The van der Waals surface area contributed by atoms with Crippen molar-refractivity contribution in [2.45, 2.75) is 17.9 Å². The van der Waals surface area contributed by atoms with Crippen molar-refractivity contribution in [3.8, 4) is 22.9 Å². The van der Waals surface area contributed by atoms with Gasteiger partial charge in [-0.1, -0.05) is 35.5 Å². The van der Waals surface area contributed by atoms with Gasteiger partial charge in [-0.05, 0) is 42.5 Å². The molecule has 0 bridgehead atoms. The van der Waals surface area contributed by atoms with Gasteiger partial charge in [0, 0.05) is 11.6 Å². The van der Waals surface area contributed by atoms with Crippen molar-refractivity contribution in [2.75, 3.05) is 32.4 Å². The van der Waals surface area contributed by atoms with Crippen molar-refractivity contribution < 1.29 is 37.0 Å². The summed E-state index contributed by atoms with van der Waals surface area (Å²) in [7, 11) is 4.43. The molecule has 4 rings (SSSR count). The van der Waals surface area contributed by atoms with Crippen LogP contribution in [-0.2, 0) is 17.5 Å². The van der Waals surface area contributed by atoms with Crippen LogP contribution in [0.4, 0.5) is 18.9 Å². The fourth-order valence-electron chi connectivity index (χ4n) is 3.88. The molecule has 2 amide bonds. The van der Waals surface area contributed by atoms with Gasteiger partial charge in [-0.25, -0.2) is 0 Å². The molecule has 10 nitrogen and oxygen atoms in total. The minimum absolute atomic E-state index is 0.0461. The highest BCUT2D eigenvalue weighted by molar-refractivity contribution is 7.99. The number of amides is 2. The number of benzene rings is 3. The summed E-state index contributed by atoms with van der Waals surface area (Å²) in [5.41, 5.74) is -0.300. The molecule has 15 heteroatoms. The van der Waals surface area contributed by atoms with Crippen LogP contribution in [0.15, 0.2) is 65.8 Å². The molecular weight excluding hydrogens is 611 g/mol. The molecule has 0 radical (unpaired) electrons. The quantitative estimate of drug-likeness (QED) is 0.204. The van der Waals surface area contributed by atoms with E-state index in [9.17, 15) is 22.8 Å². The highest BCUT2D eigenvalue weighted by Gasteiger charge is 2.31. The Morgan fingerprint density at radius 2 is 1.65 bits per heavy atom. The first-order chi connectivity index (χ1) is 20.5. The number of anilines is 1. The molecule has 226 valence electrons. The zero-order valence-corrected chi connectivity index (χ0v) is 24.6. The molecule has 1 heterocycles. The molecule has 4 aromatic rings. The molecule has 3 aromatic carbocycles. The molecule has 0 saturated carbocycles. The maximum Gasteiger partial charge on any atom is 0.416 e. The molecule has 0 aliphatic heterocycles. The number of para-hydroxylation sites is 2. The summed E-state index contributed by atoms with van der Waals surface area (Å²) in [6, 6.07) is 14.4. The number of halogens is 4. The molecule has 1 aromatic heterocycles. The summed E-state index contributed by atoms with van der Waals surface area (Å²) in [5, 5.41) is 13.8. The number of ether oxygens (including phenoxy) is 3. The summed E-state index contributed by atoms with van der Waals surface area (Å²) < 4.78 is 57.0. The number of nitrogens with one attached hydrogen (secondary N) is 2. The predicted octanol–water partition coefficient (Wildman–Crippen LogP) is 5.63.